The van der Waals surface area contributed by atoms with Gasteiger partial charge in [-0.3, -0.25) is 4.79 Å². The number of nitrogens with zero attached hydrogens (tertiary/aromatic N) is 2. The van der Waals surface area contributed by atoms with E-state index in [1.54, 1.807) is 34.4 Å². The molecule has 0 atom stereocenters. The van der Waals surface area contributed by atoms with Crippen LogP contribution in [0.1, 0.15) is 34.6 Å². The summed E-state index contributed by atoms with van der Waals surface area (Å²) in [5, 5.41) is 2.05. The van der Waals surface area contributed by atoms with E-state index in [-0.39, 0.29) is 10.8 Å². The molecular formula is C18H22N2O3S2. The van der Waals surface area contributed by atoms with Crippen molar-refractivity contribution in [2.75, 3.05) is 19.6 Å². The first-order valence-electron chi connectivity index (χ1n) is 8.42. The summed E-state index contributed by atoms with van der Waals surface area (Å²) in [6, 6.07) is 8.44. The molecule has 0 spiro atoms. The summed E-state index contributed by atoms with van der Waals surface area (Å²) in [6.07, 6.45) is 0.857. The molecule has 0 saturated heterocycles. The average molecular weight is 379 g/mol. The van der Waals surface area contributed by atoms with Crippen LogP contribution >= 0.6 is 11.3 Å². The molecule has 0 unspecified atom stereocenters. The summed E-state index contributed by atoms with van der Waals surface area (Å²) >= 11 is 1.73. The van der Waals surface area contributed by atoms with Gasteiger partial charge >= 0.3 is 0 Å². The van der Waals surface area contributed by atoms with Crippen molar-refractivity contribution in [3.05, 3.63) is 51.7 Å². The number of sulfonamides is 1. The normalized spacial score (nSPS) is 14.6. The van der Waals surface area contributed by atoms with Gasteiger partial charge in [-0.2, -0.15) is 4.31 Å². The van der Waals surface area contributed by atoms with Crippen LogP contribution in [0.3, 0.4) is 0 Å². The quantitative estimate of drug-likeness (QED) is 0.804. The summed E-state index contributed by atoms with van der Waals surface area (Å²) in [6.45, 7) is 5.68. The van der Waals surface area contributed by atoms with E-state index < -0.39 is 10.0 Å². The Morgan fingerprint density at radius 1 is 1.24 bits per heavy atom. The number of amides is 1. The Hall–Kier alpha value is -1.70. The Morgan fingerprint density at radius 2 is 2.00 bits per heavy atom. The molecule has 1 amide bonds. The van der Waals surface area contributed by atoms with Crippen LogP contribution in [-0.2, 0) is 23.0 Å². The van der Waals surface area contributed by atoms with Crippen molar-refractivity contribution >= 4 is 27.3 Å². The van der Waals surface area contributed by atoms with Crippen molar-refractivity contribution in [3.63, 3.8) is 0 Å². The topological polar surface area (TPSA) is 57.7 Å². The third-order valence-electron chi connectivity index (χ3n) is 4.52. The monoisotopic (exact) mass is 378 g/mol. The van der Waals surface area contributed by atoms with Crippen molar-refractivity contribution in [2.24, 2.45) is 0 Å². The van der Waals surface area contributed by atoms with Crippen LogP contribution in [0.25, 0.3) is 0 Å². The highest BCUT2D eigenvalue weighted by Crippen LogP contribution is 2.25. The van der Waals surface area contributed by atoms with Gasteiger partial charge in [-0.15, -0.1) is 11.3 Å². The highest BCUT2D eigenvalue weighted by Gasteiger charge is 2.25. The van der Waals surface area contributed by atoms with Gasteiger partial charge in [0.25, 0.3) is 5.91 Å². The molecule has 25 heavy (non-hydrogen) atoms. The Kier molecular flexibility index (Phi) is 5.27. The lowest BCUT2D eigenvalue weighted by Gasteiger charge is -2.27. The minimum Gasteiger partial charge on any atom is -0.334 e. The Morgan fingerprint density at radius 3 is 2.72 bits per heavy atom. The predicted octanol–water partition coefficient (Wildman–Crippen LogP) is 2.98. The molecule has 1 aromatic carbocycles. The largest absolute Gasteiger partial charge is 0.334 e. The minimum atomic E-state index is -3.56. The van der Waals surface area contributed by atoms with Crippen LogP contribution in [0, 0.1) is 0 Å². The Balaban J connectivity index is 1.86. The van der Waals surface area contributed by atoms with Gasteiger partial charge in [0.1, 0.15) is 0 Å². The number of rotatable bonds is 5. The molecule has 0 saturated carbocycles. The Labute approximate surface area is 152 Å². The van der Waals surface area contributed by atoms with E-state index in [0.29, 0.717) is 31.7 Å². The van der Waals surface area contributed by atoms with Crippen molar-refractivity contribution in [1.82, 2.24) is 9.21 Å². The van der Waals surface area contributed by atoms with E-state index in [1.165, 1.54) is 20.8 Å². The predicted molar refractivity (Wildman–Crippen MR) is 99.3 cm³/mol. The summed E-state index contributed by atoms with van der Waals surface area (Å²) in [5.74, 6) is -0.117. The van der Waals surface area contributed by atoms with Crippen molar-refractivity contribution in [1.29, 1.82) is 0 Å². The molecule has 7 heteroatoms. The number of fused-ring (bicyclic) bond motifs is 1. The number of hydrogen-bond acceptors (Lipinski definition) is 4. The first-order chi connectivity index (χ1) is 12.0. The van der Waals surface area contributed by atoms with Gasteiger partial charge in [0.15, 0.2) is 0 Å². The van der Waals surface area contributed by atoms with Gasteiger partial charge in [-0.1, -0.05) is 19.9 Å². The summed E-state index contributed by atoms with van der Waals surface area (Å²) < 4.78 is 26.8. The zero-order chi connectivity index (χ0) is 18.0. The third-order valence-corrected chi connectivity index (χ3v) is 7.59. The molecule has 2 heterocycles. The highest BCUT2D eigenvalue weighted by molar-refractivity contribution is 7.89. The van der Waals surface area contributed by atoms with E-state index in [4.69, 9.17) is 0 Å². The van der Waals surface area contributed by atoms with Crippen molar-refractivity contribution in [2.45, 2.75) is 31.7 Å². The zero-order valence-electron chi connectivity index (χ0n) is 14.4. The molecule has 3 rings (SSSR count). The van der Waals surface area contributed by atoms with Crippen molar-refractivity contribution in [3.8, 4) is 0 Å². The van der Waals surface area contributed by atoms with Gasteiger partial charge in [0.2, 0.25) is 10.0 Å². The molecule has 0 bridgehead atoms. The SMILES string of the molecule is CCN(CC)S(=O)(=O)c1cccc(C(=O)N2CCc3sccc3C2)c1. The fourth-order valence-electron chi connectivity index (χ4n) is 3.11. The van der Waals surface area contributed by atoms with Crippen LogP contribution in [-0.4, -0.2) is 43.2 Å². The molecule has 1 aliphatic heterocycles. The van der Waals surface area contributed by atoms with Crippen LogP contribution < -0.4 is 0 Å². The maximum Gasteiger partial charge on any atom is 0.254 e. The maximum atomic E-state index is 12.8. The second-order valence-electron chi connectivity index (χ2n) is 5.96. The summed E-state index contributed by atoms with van der Waals surface area (Å²) in [7, 11) is -3.56. The van der Waals surface area contributed by atoms with E-state index in [0.717, 1.165) is 6.42 Å². The molecule has 2 aromatic rings. The second kappa shape index (κ2) is 7.27. The van der Waals surface area contributed by atoms with Crippen LogP contribution in [0.4, 0.5) is 0 Å². The lowest BCUT2D eigenvalue weighted by molar-refractivity contribution is 0.0735. The molecule has 0 radical (unpaired) electrons. The second-order valence-corrected chi connectivity index (χ2v) is 8.90. The number of benzene rings is 1. The summed E-state index contributed by atoms with van der Waals surface area (Å²) in [5.41, 5.74) is 1.61. The number of thiophene rings is 1. The Bertz CT molecular complexity index is 870. The standard InChI is InChI=1S/C18H22N2O3S2/c1-3-20(4-2)25(22,23)16-7-5-6-14(12-16)18(21)19-10-8-17-15(13-19)9-11-24-17/h5-7,9,11-12H,3-4,8,10,13H2,1-2H3. The molecular weight excluding hydrogens is 356 g/mol. The van der Waals surface area contributed by atoms with Crippen LogP contribution in [0.5, 0.6) is 0 Å². The fraction of sp³-hybridized carbons (Fsp3) is 0.389. The molecule has 5 nitrogen and oxygen atoms in total. The first-order valence-corrected chi connectivity index (χ1v) is 10.7. The van der Waals surface area contributed by atoms with Crippen LogP contribution in [0.15, 0.2) is 40.6 Å². The van der Waals surface area contributed by atoms with Crippen molar-refractivity contribution < 1.29 is 13.2 Å². The third kappa shape index (κ3) is 3.49. The maximum absolute atomic E-state index is 12.8. The van der Waals surface area contributed by atoms with Gasteiger partial charge in [-0.05, 0) is 41.6 Å². The lowest BCUT2D eigenvalue weighted by atomic mass is 10.1. The van der Waals surface area contributed by atoms with Crippen LogP contribution in [0.2, 0.25) is 0 Å². The van der Waals surface area contributed by atoms with Gasteiger partial charge in [-0.25, -0.2) is 8.42 Å². The fourth-order valence-corrected chi connectivity index (χ4v) is 5.50. The van der Waals surface area contributed by atoms with Gasteiger partial charge in [0.05, 0.1) is 4.90 Å². The average Bonchev–Trinajstić information content (AvgIpc) is 3.09. The van der Waals surface area contributed by atoms with E-state index in [2.05, 4.69) is 11.4 Å². The molecule has 0 N–H and O–H groups in total. The highest BCUT2D eigenvalue weighted by atomic mass is 32.2. The minimum absolute atomic E-state index is 0.117. The molecule has 1 aromatic heterocycles. The number of hydrogen-bond donors (Lipinski definition) is 0. The molecule has 0 aliphatic carbocycles. The lowest BCUT2D eigenvalue weighted by Crippen LogP contribution is -2.35. The molecule has 134 valence electrons. The van der Waals surface area contributed by atoms with Gasteiger partial charge in [0, 0.05) is 36.6 Å². The zero-order valence-corrected chi connectivity index (χ0v) is 16.1. The smallest absolute Gasteiger partial charge is 0.254 e. The molecule has 0 fully saturated rings. The number of carbonyl (C=O) groups excluding carboxylic acids is 1. The molecule has 1 aliphatic rings. The first kappa shape index (κ1) is 18.1. The summed E-state index contributed by atoms with van der Waals surface area (Å²) in [4.78, 5) is 16.1. The van der Waals surface area contributed by atoms with Gasteiger partial charge < -0.3 is 4.90 Å². The van der Waals surface area contributed by atoms with E-state index in [1.807, 2.05) is 13.8 Å². The van der Waals surface area contributed by atoms with E-state index in [9.17, 15) is 13.2 Å². The number of carbonyl (C=O) groups is 1. The van der Waals surface area contributed by atoms with E-state index >= 15 is 0 Å².